The summed E-state index contributed by atoms with van der Waals surface area (Å²) >= 11 is 0. The second-order valence-electron chi connectivity index (χ2n) is 4.69. The zero-order valence-corrected chi connectivity index (χ0v) is 11.7. The van der Waals surface area contributed by atoms with E-state index in [9.17, 15) is 9.59 Å². The van der Waals surface area contributed by atoms with Gasteiger partial charge < -0.3 is 15.5 Å². The van der Waals surface area contributed by atoms with Crippen molar-refractivity contribution in [1.82, 2.24) is 20.5 Å². The summed E-state index contributed by atoms with van der Waals surface area (Å²) in [5.74, 6) is -1.01. The van der Waals surface area contributed by atoms with E-state index < -0.39 is 11.8 Å². The maximum absolute atomic E-state index is 11.9. The average Bonchev–Trinajstić information content (AvgIpc) is 2.53. The highest BCUT2D eigenvalue weighted by molar-refractivity contribution is 6.34. The monoisotopic (exact) mass is 276 g/mol. The van der Waals surface area contributed by atoms with Crippen LogP contribution >= 0.6 is 0 Å². The lowest BCUT2D eigenvalue weighted by Gasteiger charge is -2.26. The van der Waals surface area contributed by atoms with Crippen molar-refractivity contribution in [2.24, 2.45) is 0 Å². The normalized spacial score (nSPS) is 14.9. The molecule has 6 heteroatoms. The van der Waals surface area contributed by atoms with Crippen LogP contribution in [0, 0.1) is 0 Å². The Morgan fingerprint density at radius 3 is 2.85 bits per heavy atom. The average molecular weight is 276 g/mol. The van der Waals surface area contributed by atoms with Crippen LogP contribution in [-0.2, 0) is 22.6 Å². The fourth-order valence-electron chi connectivity index (χ4n) is 2.20. The molecule has 2 amide bonds. The summed E-state index contributed by atoms with van der Waals surface area (Å²) in [7, 11) is 0. The van der Waals surface area contributed by atoms with Gasteiger partial charge in [0, 0.05) is 32.4 Å². The van der Waals surface area contributed by atoms with Gasteiger partial charge in [0.15, 0.2) is 0 Å². The lowest BCUT2D eigenvalue weighted by atomic mass is 10.1. The van der Waals surface area contributed by atoms with Gasteiger partial charge in [0.1, 0.15) is 0 Å². The lowest BCUT2D eigenvalue weighted by molar-refractivity contribution is -0.146. The Balaban J connectivity index is 1.89. The summed E-state index contributed by atoms with van der Waals surface area (Å²) < 4.78 is 0. The molecular weight excluding hydrogens is 256 g/mol. The molecule has 0 unspecified atom stereocenters. The van der Waals surface area contributed by atoms with Crippen LogP contribution in [0.1, 0.15) is 18.2 Å². The Labute approximate surface area is 118 Å². The van der Waals surface area contributed by atoms with Crippen LogP contribution in [0.25, 0.3) is 0 Å². The van der Waals surface area contributed by atoms with Crippen molar-refractivity contribution >= 4 is 11.8 Å². The van der Waals surface area contributed by atoms with E-state index in [0.717, 1.165) is 30.8 Å². The Morgan fingerprint density at radius 2 is 2.15 bits per heavy atom. The van der Waals surface area contributed by atoms with Crippen LogP contribution in [0.4, 0.5) is 0 Å². The van der Waals surface area contributed by atoms with E-state index in [1.54, 1.807) is 11.1 Å². The van der Waals surface area contributed by atoms with Crippen LogP contribution in [-0.4, -0.2) is 47.9 Å². The maximum Gasteiger partial charge on any atom is 0.311 e. The minimum absolute atomic E-state index is 0.292. The van der Waals surface area contributed by atoms with E-state index in [2.05, 4.69) is 15.6 Å². The molecule has 20 heavy (non-hydrogen) atoms. The highest BCUT2D eigenvalue weighted by Crippen LogP contribution is 2.05. The van der Waals surface area contributed by atoms with Crippen molar-refractivity contribution in [2.75, 3.05) is 26.2 Å². The molecule has 0 atom stereocenters. The zero-order valence-electron chi connectivity index (χ0n) is 11.7. The van der Waals surface area contributed by atoms with Crippen LogP contribution in [0.3, 0.4) is 0 Å². The SMILES string of the molecule is CCc1cccnc1CNC(=O)C(=O)N1CCNCC1. The molecule has 6 nitrogen and oxygen atoms in total. The van der Waals surface area contributed by atoms with Crippen molar-refractivity contribution < 1.29 is 9.59 Å². The van der Waals surface area contributed by atoms with Crippen molar-refractivity contribution in [3.8, 4) is 0 Å². The molecule has 2 N–H and O–H groups in total. The van der Waals surface area contributed by atoms with Crippen molar-refractivity contribution in [3.05, 3.63) is 29.6 Å². The molecular formula is C14H20N4O2. The second-order valence-corrected chi connectivity index (χ2v) is 4.69. The number of hydrogen-bond acceptors (Lipinski definition) is 4. The number of carbonyl (C=O) groups is 2. The number of amides is 2. The third kappa shape index (κ3) is 3.54. The number of pyridine rings is 1. The van der Waals surface area contributed by atoms with Crippen LogP contribution in [0.5, 0.6) is 0 Å². The Morgan fingerprint density at radius 1 is 1.40 bits per heavy atom. The molecule has 1 aromatic rings. The Kier molecular flexibility index (Phi) is 5.06. The Bertz CT molecular complexity index is 484. The highest BCUT2D eigenvalue weighted by atomic mass is 16.2. The predicted molar refractivity (Wildman–Crippen MR) is 74.9 cm³/mol. The van der Waals surface area contributed by atoms with E-state index in [4.69, 9.17) is 0 Å². The molecule has 1 aliphatic heterocycles. The number of nitrogens with zero attached hydrogens (tertiary/aromatic N) is 2. The minimum Gasteiger partial charge on any atom is -0.342 e. The van der Waals surface area contributed by atoms with Gasteiger partial charge in [-0.05, 0) is 18.1 Å². The van der Waals surface area contributed by atoms with Crippen molar-refractivity contribution in [1.29, 1.82) is 0 Å². The fourth-order valence-corrected chi connectivity index (χ4v) is 2.20. The minimum atomic E-state index is -0.556. The second kappa shape index (κ2) is 7.00. The van der Waals surface area contributed by atoms with E-state index in [-0.39, 0.29) is 0 Å². The Hall–Kier alpha value is -1.95. The number of piperazine rings is 1. The van der Waals surface area contributed by atoms with Gasteiger partial charge in [0.05, 0.1) is 12.2 Å². The first kappa shape index (κ1) is 14.5. The van der Waals surface area contributed by atoms with Gasteiger partial charge in [0.2, 0.25) is 0 Å². The molecule has 1 aliphatic rings. The molecule has 0 aliphatic carbocycles. The predicted octanol–water partition coefficient (Wildman–Crippen LogP) is -0.308. The van der Waals surface area contributed by atoms with Crippen molar-refractivity contribution in [2.45, 2.75) is 19.9 Å². The van der Waals surface area contributed by atoms with Gasteiger partial charge in [-0.15, -0.1) is 0 Å². The third-order valence-corrected chi connectivity index (χ3v) is 3.38. The summed E-state index contributed by atoms with van der Waals surface area (Å²) in [5, 5.41) is 5.80. The van der Waals surface area contributed by atoms with Crippen LogP contribution in [0.15, 0.2) is 18.3 Å². The molecule has 1 saturated heterocycles. The van der Waals surface area contributed by atoms with Crippen LogP contribution in [0.2, 0.25) is 0 Å². The first-order valence-corrected chi connectivity index (χ1v) is 6.93. The summed E-state index contributed by atoms with van der Waals surface area (Å²) in [6.45, 7) is 4.96. The molecule has 0 spiro atoms. The smallest absolute Gasteiger partial charge is 0.311 e. The van der Waals surface area contributed by atoms with E-state index in [1.165, 1.54) is 0 Å². The number of nitrogens with one attached hydrogen (secondary N) is 2. The van der Waals surface area contributed by atoms with Gasteiger partial charge in [-0.1, -0.05) is 13.0 Å². The van der Waals surface area contributed by atoms with Gasteiger partial charge in [0.25, 0.3) is 0 Å². The van der Waals surface area contributed by atoms with E-state index in [0.29, 0.717) is 19.6 Å². The van der Waals surface area contributed by atoms with E-state index >= 15 is 0 Å². The number of carbonyl (C=O) groups excluding carboxylic acids is 2. The summed E-state index contributed by atoms with van der Waals surface area (Å²) in [5.41, 5.74) is 1.90. The van der Waals surface area contributed by atoms with Gasteiger partial charge >= 0.3 is 11.8 Å². The molecule has 2 rings (SSSR count). The maximum atomic E-state index is 11.9. The number of rotatable bonds is 3. The third-order valence-electron chi connectivity index (χ3n) is 3.38. The molecule has 0 bridgehead atoms. The van der Waals surface area contributed by atoms with Crippen LogP contribution < -0.4 is 10.6 Å². The summed E-state index contributed by atoms with van der Waals surface area (Å²) in [4.78, 5) is 29.6. The molecule has 0 saturated carbocycles. The molecule has 2 heterocycles. The molecule has 108 valence electrons. The zero-order chi connectivity index (χ0) is 14.4. The standard InChI is InChI=1S/C14H20N4O2/c1-2-11-4-3-5-16-12(11)10-17-13(19)14(20)18-8-6-15-7-9-18/h3-5,15H,2,6-10H2,1H3,(H,17,19). The summed E-state index contributed by atoms with van der Waals surface area (Å²) in [6.07, 6.45) is 2.55. The largest absolute Gasteiger partial charge is 0.342 e. The summed E-state index contributed by atoms with van der Waals surface area (Å²) in [6, 6.07) is 3.85. The number of hydrogen-bond donors (Lipinski definition) is 2. The molecule has 1 aromatic heterocycles. The first-order valence-electron chi connectivity index (χ1n) is 6.93. The van der Waals surface area contributed by atoms with Crippen molar-refractivity contribution in [3.63, 3.8) is 0 Å². The topological polar surface area (TPSA) is 74.3 Å². The van der Waals surface area contributed by atoms with Gasteiger partial charge in [-0.2, -0.15) is 0 Å². The number of aromatic nitrogens is 1. The van der Waals surface area contributed by atoms with E-state index in [1.807, 2.05) is 19.1 Å². The van der Waals surface area contributed by atoms with Gasteiger partial charge in [-0.3, -0.25) is 14.6 Å². The quantitative estimate of drug-likeness (QED) is 0.743. The fraction of sp³-hybridized carbons (Fsp3) is 0.500. The first-order chi connectivity index (χ1) is 9.72. The van der Waals surface area contributed by atoms with Gasteiger partial charge in [-0.25, -0.2) is 0 Å². The highest BCUT2D eigenvalue weighted by Gasteiger charge is 2.22. The lowest BCUT2D eigenvalue weighted by Crippen LogP contribution is -2.51. The number of aryl methyl sites for hydroxylation is 1. The molecule has 0 aromatic carbocycles. The molecule has 0 radical (unpaired) electrons. The molecule has 1 fully saturated rings.